The van der Waals surface area contributed by atoms with Gasteiger partial charge in [0, 0.05) is 42.5 Å². The Labute approximate surface area is 249 Å². The van der Waals surface area contributed by atoms with Crippen molar-refractivity contribution >= 4 is 78.1 Å². The molecule has 0 bridgehead atoms. The zero-order valence-corrected chi connectivity index (χ0v) is 24.8. The van der Waals surface area contributed by atoms with Crippen LogP contribution in [-0.2, 0) is 5.41 Å². The van der Waals surface area contributed by atoms with Gasteiger partial charge in [-0.2, -0.15) is 0 Å². The van der Waals surface area contributed by atoms with Gasteiger partial charge in [-0.1, -0.05) is 56.3 Å². The summed E-state index contributed by atoms with van der Waals surface area (Å²) in [6.07, 6.45) is 1.80. The zero-order valence-electron chi connectivity index (χ0n) is 22.3. The smallest absolute Gasteiger partial charge is 0.207 e. The number of hydrogen-bond acceptors (Lipinski definition) is 6. The molecule has 0 aliphatic heterocycles. The summed E-state index contributed by atoms with van der Waals surface area (Å²) in [5.41, 5.74) is 7.93. The van der Waals surface area contributed by atoms with Crippen LogP contribution in [0.25, 0.3) is 25.9 Å². The lowest BCUT2D eigenvalue weighted by Gasteiger charge is -2.28. The van der Waals surface area contributed by atoms with Gasteiger partial charge in [-0.05, 0) is 76.7 Å². The van der Waals surface area contributed by atoms with E-state index in [-0.39, 0.29) is 22.6 Å². The van der Waals surface area contributed by atoms with E-state index >= 15 is 0 Å². The van der Waals surface area contributed by atoms with Gasteiger partial charge < -0.3 is 4.90 Å². The number of rotatable bonds is 4. The highest BCUT2D eigenvalue weighted by molar-refractivity contribution is 7.30. The normalized spacial score (nSPS) is 15.9. The summed E-state index contributed by atoms with van der Waals surface area (Å²) in [4.78, 5) is 30.9. The molecule has 2 aliphatic carbocycles. The van der Waals surface area contributed by atoms with Crippen LogP contribution in [0.2, 0.25) is 0 Å². The van der Waals surface area contributed by atoms with Crippen molar-refractivity contribution in [2.45, 2.75) is 19.3 Å². The highest BCUT2D eigenvalue weighted by atomic mass is 32.1. The molecule has 2 aliphatic rings. The monoisotopic (exact) mass is 585 g/mol. The van der Waals surface area contributed by atoms with Crippen LogP contribution in [0.5, 0.6) is 0 Å². The fourth-order valence-corrected chi connectivity index (χ4v) is 9.96. The second-order valence-corrected chi connectivity index (χ2v) is 13.9. The predicted octanol–water partition coefficient (Wildman–Crippen LogP) is 10.3. The average molecular weight is 586 g/mol. The van der Waals surface area contributed by atoms with Gasteiger partial charge in [0.1, 0.15) is 0 Å². The maximum absolute atomic E-state index is 12.9. The van der Waals surface area contributed by atoms with E-state index in [0.29, 0.717) is 10.4 Å². The van der Waals surface area contributed by atoms with E-state index in [2.05, 4.69) is 91.5 Å². The third-order valence-corrected chi connectivity index (χ3v) is 11.4. The van der Waals surface area contributed by atoms with Crippen LogP contribution < -0.4 is 4.90 Å². The number of Topliss-reactive ketones (excluding diaryl/α,β-unsaturated/α-hetero) is 2. The largest absolute Gasteiger partial charge is 0.310 e. The molecule has 0 fully saturated rings. The highest BCUT2D eigenvalue weighted by Gasteiger charge is 2.40. The van der Waals surface area contributed by atoms with E-state index in [1.54, 1.807) is 23.5 Å². The molecular weight excluding hydrogens is 563 g/mol. The fraction of sp³-hybridized carbons (Fsp3) is 0.0857. The number of hydrogen-bond donors (Lipinski definition) is 0. The van der Waals surface area contributed by atoms with Crippen LogP contribution >= 0.6 is 34.0 Å². The first-order chi connectivity index (χ1) is 19.9. The van der Waals surface area contributed by atoms with Crippen molar-refractivity contribution in [3.8, 4) is 10.4 Å². The van der Waals surface area contributed by atoms with Crippen LogP contribution in [0.4, 0.5) is 17.1 Å². The third kappa shape index (κ3) is 3.61. The van der Waals surface area contributed by atoms with Gasteiger partial charge in [0.2, 0.25) is 5.78 Å². The summed E-state index contributed by atoms with van der Waals surface area (Å²) < 4.78 is 2.45. The van der Waals surface area contributed by atoms with Crippen LogP contribution in [0.1, 0.15) is 49.9 Å². The number of nitrogens with zero attached hydrogens (tertiary/aromatic N) is 1. The predicted molar refractivity (Wildman–Crippen MR) is 173 cm³/mol. The number of anilines is 3. The molecule has 0 saturated heterocycles. The van der Waals surface area contributed by atoms with Crippen molar-refractivity contribution in [2.24, 2.45) is 0 Å². The van der Waals surface area contributed by atoms with Crippen molar-refractivity contribution in [1.29, 1.82) is 0 Å². The summed E-state index contributed by atoms with van der Waals surface area (Å²) in [5.74, 6) is -0.307. The van der Waals surface area contributed by atoms with Crippen molar-refractivity contribution in [1.82, 2.24) is 0 Å². The SMILES string of the molecule is CC1(C)c2cc(N(c3ccccc3)c3ccccc3)ccc2-c2sc3cc(/C=C4/C(=O)c5ccsc5C4=O)sc3c21. The summed E-state index contributed by atoms with van der Waals surface area (Å²) in [7, 11) is 0. The first-order valence-electron chi connectivity index (χ1n) is 13.4. The molecule has 198 valence electrons. The number of allylic oxidation sites excluding steroid dienone is 1. The molecule has 6 aromatic rings. The van der Waals surface area contributed by atoms with Crippen molar-refractivity contribution in [3.05, 3.63) is 128 Å². The van der Waals surface area contributed by atoms with E-state index < -0.39 is 0 Å². The fourth-order valence-electron chi connectivity index (χ4n) is 6.17. The number of fused-ring (bicyclic) bond motifs is 6. The second-order valence-electron chi connectivity index (χ2n) is 10.9. The quantitative estimate of drug-likeness (QED) is 0.153. The van der Waals surface area contributed by atoms with E-state index in [1.165, 1.54) is 42.3 Å². The Morgan fingerprint density at radius 3 is 2.10 bits per heavy atom. The summed E-state index contributed by atoms with van der Waals surface area (Å²) in [5, 5.41) is 1.81. The molecular formula is C35H23NO2S3. The maximum atomic E-state index is 12.9. The zero-order chi connectivity index (χ0) is 27.9. The molecule has 0 radical (unpaired) electrons. The summed E-state index contributed by atoms with van der Waals surface area (Å²) in [6.45, 7) is 4.62. The van der Waals surface area contributed by atoms with Crippen molar-refractivity contribution in [2.75, 3.05) is 4.90 Å². The van der Waals surface area contributed by atoms with Gasteiger partial charge in [-0.15, -0.1) is 34.0 Å². The summed E-state index contributed by atoms with van der Waals surface area (Å²) in [6, 6.07) is 31.7. The minimum Gasteiger partial charge on any atom is -0.310 e. The Hall–Kier alpha value is -4.10. The lowest BCUT2D eigenvalue weighted by atomic mass is 9.82. The van der Waals surface area contributed by atoms with Gasteiger partial charge in [-0.25, -0.2) is 0 Å². The Balaban J connectivity index is 1.21. The van der Waals surface area contributed by atoms with Gasteiger partial charge in [0.05, 0.1) is 15.2 Å². The lowest BCUT2D eigenvalue weighted by Crippen LogP contribution is -2.16. The topological polar surface area (TPSA) is 37.4 Å². The molecule has 3 heterocycles. The number of para-hydroxylation sites is 2. The van der Waals surface area contributed by atoms with E-state index in [4.69, 9.17) is 0 Å². The Morgan fingerprint density at radius 1 is 0.707 bits per heavy atom. The van der Waals surface area contributed by atoms with E-state index in [9.17, 15) is 9.59 Å². The molecule has 0 spiro atoms. The molecule has 8 rings (SSSR count). The molecule has 3 nitrogen and oxygen atoms in total. The molecule has 0 amide bonds. The standard InChI is InChI=1S/C35H23NO2S3/c1-35(2)27-17-22(36(20-9-5-3-6-10-20)21-11-7-4-8-12-21)13-14-24(27)32-29(35)34-28(41-32)19-23(40-34)18-26-30(37)25-15-16-39-33(25)31(26)38/h3-19H,1-2H3/b26-18-. The van der Waals surface area contributed by atoms with Gasteiger partial charge in [-0.3, -0.25) is 9.59 Å². The van der Waals surface area contributed by atoms with Gasteiger partial charge >= 0.3 is 0 Å². The number of benzene rings is 3. The van der Waals surface area contributed by atoms with Crippen molar-refractivity contribution < 1.29 is 9.59 Å². The molecule has 0 atom stereocenters. The first-order valence-corrected chi connectivity index (χ1v) is 15.9. The Morgan fingerprint density at radius 2 is 1.41 bits per heavy atom. The summed E-state index contributed by atoms with van der Waals surface area (Å²) >= 11 is 4.83. The molecule has 41 heavy (non-hydrogen) atoms. The lowest BCUT2D eigenvalue weighted by molar-refractivity contribution is 0.0991. The Bertz CT molecular complexity index is 1990. The molecule has 3 aromatic heterocycles. The number of thiophene rings is 3. The number of ketones is 2. The van der Waals surface area contributed by atoms with Crippen LogP contribution in [0.15, 0.2) is 102 Å². The minimum atomic E-state index is -0.198. The number of carbonyl (C=O) groups is 2. The van der Waals surface area contributed by atoms with Crippen LogP contribution in [0, 0.1) is 0 Å². The van der Waals surface area contributed by atoms with Crippen molar-refractivity contribution in [3.63, 3.8) is 0 Å². The molecule has 0 saturated carbocycles. The third-order valence-electron chi connectivity index (χ3n) is 8.11. The number of carbonyl (C=O) groups excluding carboxylic acids is 2. The van der Waals surface area contributed by atoms with Gasteiger partial charge in [0.15, 0.2) is 5.78 Å². The molecule has 0 unspecified atom stereocenters. The first kappa shape index (κ1) is 24.7. The van der Waals surface area contributed by atoms with E-state index in [1.807, 2.05) is 28.8 Å². The average Bonchev–Trinajstić information content (AvgIpc) is 3.77. The minimum absolute atomic E-state index is 0.149. The second kappa shape index (κ2) is 8.95. The molecule has 0 N–H and O–H groups in total. The van der Waals surface area contributed by atoms with Crippen LogP contribution in [0.3, 0.4) is 0 Å². The highest BCUT2D eigenvalue weighted by Crippen LogP contribution is 2.58. The Kier molecular flexibility index (Phi) is 5.39. The van der Waals surface area contributed by atoms with Crippen LogP contribution in [-0.4, -0.2) is 11.6 Å². The van der Waals surface area contributed by atoms with Gasteiger partial charge in [0.25, 0.3) is 0 Å². The van der Waals surface area contributed by atoms with E-state index in [0.717, 1.165) is 21.9 Å². The molecule has 3 aromatic carbocycles. The molecule has 6 heteroatoms. The maximum Gasteiger partial charge on any atom is 0.207 e.